The number of hydrogen-bond donors (Lipinski definition) is 3. The number of ether oxygens (including phenoxy) is 1. The number of nitrogens with one attached hydrogen (secondary N) is 2. The summed E-state index contributed by atoms with van der Waals surface area (Å²) in [5.41, 5.74) is 2.67. The standard InChI is InChI=1S/C13H13FN4O2/c1-20-9-2-3-10(14)11(7-9)17-13(19)8-4-5-16-12(6-8)18-15/h2-7H,15H2,1H3,(H,16,18)(H,17,19). The molecule has 0 spiro atoms. The summed E-state index contributed by atoms with van der Waals surface area (Å²) in [6.45, 7) is 0. The van der Waals surface area contributed by atoms with Crippen molar-refractivity contribution >= 4 is 17.4 Å². The second-order valence-corrected chi connectivity index (χ2v) is 3.87. The quantitative estimate of drug-likeness (QED) is 0.585. The molecule has 0 aliphatic heterocycles. The number of halogens is 1. The zero-order valence-electron chi connectivity index (χ0n) is 10.7. The first kappa shape index (κ1) is 13.8. The van der Waals surface area contributed by atoms with Crippen LogP contribution < -0.4 is 21.3 Å². The fourth-order valence-electron chi connectivity index (χ4n) is 1.57. The molecule has 0 saturated carbocycles. The van der Waals surface area contributed by atoms with Gasteiger partial charge in [-0.3, -0.25) is 4.79 Å². The highest BCUT2D eigenvalue weighted by Gasteiger charge is 2.11. The average molecular weight is 276 g/mol. The molecule has 0 aliphatic rings. The van der Waals surface area contributed by atoms with Crippen molar-refractivity contribution in [1.82, 2.24) is 4.98 Å². The number of hydrogen-bond acceptors (Lipinski definition) is 5. The van der Waals surface area contributed by atoms with Gasteiger partial charge < -0.3 is 15.5 Å². The van der Waals surface area contributed by atoms with Crippen molar-refractivity contribution in [3.8, 4) is 5.75 Å². The first-order chi connectivity index (χ1) is 9.63. The second-order valence-electron chi connectivity index (χ2n) is 3.87. The number of aromatic nitrogens is 1. The predicted octanol–water partition coefficient (Wildman–Crippen LogP) is 1.77. The van der Waals surface area contributed by atoms with E-state index >= 15 is 0 Å². The Morgan fingerprint density at radius 1 is 1.35 bits per heavy atom. The van der Waals surface area contributed by atoms with Crippen LogP contribution in [-0.4, -0.2) is 18.0 Å². The van der Waals surface area contributed by atoms with Gasteiger partial charge >= 0.3 is 0 Å². The van der Waals surface area contributed by atoms with E-state index in [2.05, 4.69) is 15.7 Å². The second kappa shape index (κ2) is 5.98. The van der Waals surface area contributed by atoms with Crippen LogP contribution in [0, 0.1) is 5.82 Å². The Morgan fingerprint density at radius 3 is 2.85 bits per heavy atom. The third-order valence-electron chi connectivity index (χ3n) is 2.59. The Hall–Kier alpha value is -2.67. The normalized spacial score (nSPS) is 9.95. The summed E-state index contributed by atoms with van der Waals surface area (Å²) in [4.78, 5) is 15.9. The van der Waals surface area contributed by atoms with E-state index in [4.69, 9.17) is 10.6 Å². The largest absolute Gasteiger partial charge is 0.497 e. The highest BCUT2D eigenvalue weighted by molar-refractivity contribution is 6.04. The molecule has 1 aromatic carbocycles. The number of nitrogen functional groups attached to an aromatic ring is 1. The fourth-order valence-corrected chi connectivity index (χ4v) is 1.57. The van der Waals surface area contributed by atoms with E-state index in [0.717, 1.165) is 0 Å². The molecular formula is C13H13FN4O2. The van der Waals surface area contributed by atoms with Gasteiger partial charge in [-0.2, -0.15) is 0 Å². The molecule has 0 atom stereocenters. The van der Waals surface area contributed by atoms with Gasteiger partial charge in [-0.25, -0.2) is 15.2 Å². The smallest absolute Gasteiger partial charge is 0.255 e. The number of carbonyl (C=O) groups excluding carboxylic acids is 1. The van der Waals surface area contributed by atoms with Crippen LogP contribution in [0.5, 0.6) is 5.75 Å². The summed E-state index contributed by atoms with van der Waals surface area (Å²) in [6.07, 6.45) is 1.42. The van der Waals surface area contributed by atoms with E-state index in [9.17, 15) is 9.18 Å². The molecule has 0 radical (unpaired) electrons. The predicted molar refractivity (Wildman–Crippen MR) is 73.0 cm³/mol. The maximum Gasteiger partial charge on any atom is 0.255 e. The zero-order valence-corrected chi connectivity index (χ0v) is 10.7. The Balaban J connectivity index is 2.22. The number of hydrazine groups is 1. The number of anilines is 2. The van der Waals surface area contributed by atoms with Crippen molar-refractivity contribution in [3.63, 3.8) is 0 Å². The van der Waals surface area contributed by atoms with Crippen LogP contribution in [-0.2, 0) is 0 Å². The van der Waals surface area contributed by atoms with E-state index in [0.29, 0.717) is 17.1 Å². The van der Waals surface area contributed by atoms with Crippen LogP contribution in [0.3, 0.4) is 0 Å². The van der Waals surface area contributed by atoms with E-state index in [1.807, 2.05) is 0 Å². The van der Waals surface area contributed by atoms with Crippen LogP contribution in [0.1, 0.15) is 10.4 Å². The molecule has 0 bridgehead atoms. The first-order valence-corrected chi connectivity index (χ1v) is 5.71. The van der Waals surface area contributed by atoms with Crippen LogP contribution in [0.2, 0.25) is 0 Å². The molecule has 0 unspecified atom stereocenters. The molecule has 104 valence electrons. The van der Waals surface area contributed by atoms with Crippen molar-refractivity contribution < 1.29 is 13.9 Å². The van der Waals surface area contributed by atoms with Crippen molar-refractivity contribution in [3.05, 3.63) is 47.9 Å². The van der Waals surface area contributed by atoms with Crippen molar-refractivity contribution in [2.45, 2.75) is 0 Å². The molecule has 1 heterocycles. The number of amides is 1. The number of pyridine rings is 1. The summed E-state index contributed by atoms with van der Waals surface area (Å²) < 4.78 is 18.6. The van der Waals surface area contributed by atoms with Gasteiger partial charge in [-0.05, 0) is 24.3 Å². The molecule has 1 aromatic heterocycles. The maximum atomic E-state index is 13.6. The van der Waals surface area contributed by atoms with Crippen molar-refractivity contribution in [1.29, 1.82) is 0 Å². The van der Waals surface area contributed by atoms with Crippen LogP contribution in [0.15, 0.2) is 36.5 Å². The lowest BCUT2D eigenvalue weighted by Crippen LogP contribution is -2.15. The molecule has 4 N–H and O–H groups in total. The van der Waals surface area contributed by atoms with Crippen molar-refractivity contribution in [2.75, 3.05) is 17.9 Å². The van der Waals surface area contributed by atoms with Crippen LogP contribution in [0.4, 0.5) is 15.9 Å². The lowest BCUT2D eigenvalue weighted by atomic mass is 10.2. The molecule has 2 aromatic rings. The number of nitrogens with zero attached hydrogens (tertiary/aromatic N) is 1. The third-order valence-corrected chi connectivity index (χ3v) is 2.59. The Morgan fingerprint density at radius 2 is 2.15 bits per heavy atom. The SMILES string of the molecule is COc1ccc(F)c(NC(=O)c2ccnc(NN)c2)c1. The molecule has 6 nitrogen and oxygen atoms in total. The topological polar surface area (TPSA) is 89.3 Å². The minimum atomic E-state index is -0.551. The van der Waals surface area contributed by atoms with Gasteiger partial charge in [0.05, 0.1) is 12.8 Å². The van der Waals surface area contributed by atoms with Crippen molar-refractivity contribution in [2.24, 2.45) is 5.84 Å². The number of carbonyl (C=O) groups is 1. The number of methoxy groups -OCH3 is 1. The Kier molecular flexibility index (Phi) is 4.11. The first-order valence-electron chi connectivity index (χ1n) is 5.71. The number of rotatable bonds is 4. The summed E-state index contributed by atoms with van der Waals surface area (Å²) in [7, 11) is 1.46. The average Bonchev–Trinajstić information content (AvgIpc) is 2.49. The van der Waals surface area contributed by atoms with Gasteiger partial charge in [-0.1, -0.05) is 0 Å². The summed E-state index contributed by atoms with van der Waals surface area (Å²) >= 11 is 0. The molecular weight excluding hydrogens is 263 g/mol. The van der Waals surface area contributed by atoms with Gasteiger partial charge in [0.25, 0.3) is 5.91 Å². The minimum absolute atomic E-state index is 0.0356. The lowest BCUT2D eigenvalue weighted by Gasteiger charge is -2.09. The van der Waals surface area contributed by atoms with E-state index in [1.54, 1.807) is 0 Å². The minimum Gasteiger partial charge on any atom is -0.497 e. The Bertz CT molecular complexity index is 634. The zero-order chi connectivity index (χ0) is 14.5. The van der Waals surface area contributed by atoms with Gasteiger partial charge in [0.1, 0.15) is 17.4 Å². The van der Waals surface area contributed by atoms with Gasteiger partial charge in [0.2, 0.25) is 0 Å². The van der Waals surface area contributed by atoms with E-state index in [1.165, 1.54) is 43.6 Å². The molecule has 20 heavy (non-hydrogen) atoms. The van der Waals surface area contributed by atoms with Crippen LogP contribution in [0.25, 0.3) is 0 Å². The Labute approximate surface area is 114 Å². The highest BCUT2D eigenvalue weighted by atomic mass is 19.1. The fraction of sp³-hybridized carbons (Fsp3) is 0.0769. The lowest BCUT2D eigenvalue weighted by molar-refractivity contribution is 0.102. The molecule has 7 heteroatoms. The molecule has 1 amide bonds. The van der Waals surface area contributed by atoms with Gasteiger partial charge in [0, 0.05) is 17.8 Å². The van der Waals surface area contributed by atoms with Crippen LogP contribution >= 0.6 is 0 Å². The number of nitrogens with two attached hydrogens (primary N) is 1. The molecule has 0 aliphatic carbocycles. The van der Waals surface area contributed by atoms with E-state index in [-0.39, 0.29) is 5.69 Å². The maximum absolute atomic E-state index is 13.6. The summed E-state index contributed by atoms with van der Waals surface area (Å²) in [6, 6.07) is 7.03. The monoisotopic (exact) mass is 276 g/mol. The van der Waals surface area contributed by atoms with Gasteiger partial charge in [0.15, 0.2) is 0 Å². The molecule has 0 fully saturated rings. The molecule has 0 saturated heterocycles. The summed E-state index contributed by atoms with van der Waals surface area (Å²) in [5, 5.41) is 2.46. The molecule has 2 rings (SSSR count). The van der Waals surface area contributed by atoms with E-state index < -0.39 is 11.7 Å². The third kappa shape index (κ3) is 3.01. The van der Waals surface area contributed by atoms with Gasteiger partial charge in [-0.15, -0.1) is 0 Å². The summed E-state index contributed by atoms with van der Waals surface area (Å²) in [5.74, 6) is 4.97. The highest BCUT2D eigenvalue weighted by Crippen LogP contribution is 2.21. The number of benzene rings is 1.